The number of fused-ring (bicyclic) bond motifs is 1. The van der Waals surface area contributed by atoms with Gasteiger partial charge in [-0.05, 0) is 43.2 Å². The quantitative estimate of drug-likeness (QED) is 0.490. The number of ether oxygens (including phenoxy) is 1. The molecule has 0 saturated carbocycles. The van der Waals surface area contributed by atoms with E-state index in [4.69, 9.17) is 21.3 Å². The van der Waals surface area contributed by atoms with E-state index in [1.807, 2.05) is 56.3 Å². The molecule has 1 N–H and O–H groups in total. The number of thiazole rings is 1. The van der Waals surface area contributed by atoms with Gasteiger partial charge in [-0.1, -0.05) is 41.1 Å². The Kier molecular flexibility index (Phi) is 5.25. The molecule has 2 heterocycles. The molecule has 2 aromatic carbocycles. The van der Waals surface area contributed by atoms with Gasteiger partial charge >= 0.3 is 0 Å². The molecule has 0 fully saturated rings. The minimum Gasteiger partial charge on any atom is -0.497 e. The van der Waals surface area contributed by atoms with Crippen LogP contribution in [-0.4, -0.2) is 27.8 Å². The Bertz CT molecular complexity index is 1160. The van der Waals surface area contributed by atoms with E-state index in [0.29, 0.717) is 16.0 Å². The monoisotopic (exact) mass is 426 g/mol. The number of hydrogen-bond donors (Lipinski definition) is 1. The number of anilines is 1. The summed E-state index contributed by atoms with van der Waals surface area (Å²) < 4.78 is 7.71. The summed E-state index contributed by atoms with van der Waals surface area (Å²) in [5.74, 6) is 1.20. The van der Waals surface area contributed by atoms with Gasteiger partial charge in [-0.3, -0.25) is 4.79 Å². The van der Waals surface area contributed by atoms with Gasteiger partial charge in [0.25, 0.3) is 0 Å². The highest BCUT2D eigenvalue weighted by atomic mass is 35.5. The van der Waals surface area contributed by atoms with Crippen LogP contribution in [0.4, 0.5) is 5.82 Å². The standard InChI is InChI=1S/C21H19ClN4O2S/c1-12-4-9-16(22)20-19(12)24-21(29-20)26-17(10-13(2)25-26)23-18(27)11-14-5-7-15(28-3)8-6-14/h4-10H,11H2,1-3H3,(H,23,27). The summed E-state index contributed by atoms with van der Waals surface area (Å²) in [4.78, 5) is 17.3. The van der Waals surface area contributed by atoms with Gasteiger partial charge < -0.3 is 10.1 Å². The number of hydrogen-bond acceptors (Lipinski definition) is 5. The normalized spacial score (nSPS) is 11.0. The van der Waals surface area contributed by atoms with Crippen molar-refractivity contribution in [1.82, 2.24) is 14.8 Å². The van der Waals surface area contributed by atoms with Crippen LogP contribution in [0.15, 0.2) is 42.5 Å². The third kappa shape index (κ3) is 3.97. The number of aryl methyl sites for hydroxylation is 2. The molecule has 8 heteroatoms. The van der Waals surface area contributed by atoms with Crippen LogP contribution in [0.25, 0.3) is 15.3 Å². The van der Waals surface area contributed by atoms with E-state index < -0.39 is 0 Å². The Hall–Kier alpha value is -2.90. The second-order valence-corrected chi connectivity index (χ2v) is 8.08. The maximum atomic E-state index is 12.6. The number of nitrogens with zero attached hydrogens (tertiary/aromatic N) is 3. The van der Waals surface area contributed by atoms with E-state index in [1.165, 1.54) is 11.3 Å². The number of carbonyl (C=O) groups excluding carboxylic acids is 1. The molecule has 0 unspecified atom stereocenters. The predicted molar refractivity (Wildman–Crippen MR) is 117 cm³/mol. The zero-order valence-corrected chi connectivity index (χ0v) is 17.8. The summed E-state index contributed by atoms with van der Waals surface area (Å²) in [6, 6.07) is 13.1. The number of nitrogens with one attached hydrogen (secondary N) is 1. The van der Waals surface area contributed by atoms with E-state index in [2.05, 4.69) is 10.4 Å². The van der Waals surface area contributed by atoms with Crippen molar-refractivity contribution >= 4 is 44.9 Å². The first-order chi connectivity index (χ1) is 13.9. The topological polar surface area (TPSA) is 69.0 Å². The third-order valence-corrected chi connectivity index (χ3v) is 5.98. The first-order valence-electron chi connectivity index (χ1n) is 9.00. The van der Waals surface area contributed by atoms with Gasteiger partial charge in [0, 0.05) is 6.07 Å². The van der Waals surface area contributed by atoms with Crippen LogP contribution in [0.1, 0.15) is 16.8 Å². The van der Waals surface area contributed by atoms with Crippen molar-refractivity contribution < 1.29 is 9.53 Å². The lowest BCUT2D eigenvalue weighted by Crippen LogP contribution is -2.17. The van der Waals surface area contributed by atoms with Gasteiger partial charge in [0.1, 0.15) is 11.6 Å². The van der Waals surface area contributed by atoms with Crippen LogP contribution < -0.4 is 10.1 Å². The number of halogens is 1. The molecule has 0 bridgehead atoms. The summed E-state index contributed by atoms with van der Waals surface area (Å²) in [6.45, 7) is 3.87. The van der Waals surface area contributed by atoms with Gasteiger partial charge in [0.2, 0.25) is 11.0 Å². The maximum Gasteiger partial charge on any atom is 0.229 e. The summed E-state index contributed by atoms with van der Waals surface area (Å²) in [5.41, 5.74) is 3.57. The third-order valence-electron chi connectivity index (χ3n) is 4.49. The highest BCUT2D eigenvalue weighted by Gasteiger charge is 2.16. The highest BCUT2D eigenvalue weighted by Crippen LogP contribution is 2.34. The molecular formula is C21H19ClN4O2S. The second kappa shape index (κ2) is 7.85. The van der Waals surface area contributed by atoms with E-state index in [9.17, 15) is 4.79 Å². The Morgan fingerprint density at radius 3 is 2.66 bits per heavy atom. The number of amides is 1. The van der Waals surface area contributed by atoms with Crippen LogP contribution in [0.5, 0.6) is 5.75 Å². The lowest BCUT2D eigenvalue weighted by atomic mass is 10.1. The fourth-order valence-electron chi connectivity index (χ4n) is 3.03. The van der Waals surface area contributed by atoms with Gasteiger partial charge in [0.15, 0.2) is 0 Å². The van der Waals surface area contributed by atoms with Crippen molar-refractivity contribution in [2.45, 2.75) is 20.3 Å². The maximum absolute atomic E-state index is 12.6. The molecule has 0 spiro atoms. The van der Waals surface area contributed by atoms with Crippen LogP contribution in [0.3, 0.4) is 0 Å². The average Bonchev–Trinajstić information content (AvgIpc) is 3.30. The van der Waals surface area contributed by atoms with Crippen LogP contribution in [0.2, 0.25) is 5.02 Å². The van der Waals surface area contributed by atoms with Gasteiger partial charge in [0.05, 0.1) is 34.5 Å². The van der Waals surface area contributed by atoms with Gasteiger partial charge in [-0.15, -0.1) is 0 Å². The molecule has 0 aliphatic carbocycles. The fraction of sp³-hybridized carbons (Fsp3) is 0.190. The Morgan fingerprint density at radius 2 is 1.97 bits per heavy atom. The first kappa shape index (κ1) is 19.4. The molecule has 2 aromatic heterocycles. The van der Waals surface area contributed by atoms with Gasteiger partial charge in [-0.25, -0.2) is 4.98 Å². The summed E-state index contributed by atoms with van der Waals surface area (Å²) in [6.07, 6.45) is 0.249. The Balaban J connectivity index is 1.60. The van der Waals surface area contributed by atoms with Crippen molar-refractivity contribution in [3.8, 4) is 10.9 Å². The van der Waals surface area contributed by atoms with Crippen molar-refractivity contribution in [2.75, 3.05) is 12.4 Å². The lowest BCUT2D eigenvalue weighted by Gasteiger charge is -2.07. The number of benzene rings is 2. The molecule has 0 radical (unpaired) electrons. The number of aromatic nitrogens is 3. The summed E-state index contributed by atoms with van der Waals surface area (Å²) in [5, 5.41) is 8.77. The molecule has 148 valence electrons. The molecule has 0 aliphatic rings. The minimum absolute atomic E-state index is 0.133. The summed E-state index contributed by atoms with van der Waals surface area (Å²) >= 11 is 7.78. The fourth-order valence-corrected chi connectivity index (χ4v) is 4.31. The van der Waals surface area contributed by atoms with Crippen molar-refractivity contribution in [1.29, 1.82) is 0 Å². The zero-order chi connectivity index (χ0) is 20.5. The van der Waals surface area contributed by atoms with E-state index >= 15 is 0 Å². The molecule has 29 heavy (non-hydrogen) atoms. The zero-order valence-electron chi connectivity index (χ0n) is 16.2. The van der Waals surface area contributed by atoms with E-state index in [0.717, 1.165) is 32.8 Å². The first-order valence-corrected chi connectivity index (χ1v) is 10.2. The minimum atomic E-state index is -0.133. The van der Waals surface area contributed by atoms with Crippen LogP contribution in [-0.2, 0) is 11.2 Å². The Labute approximate surface area is 177 Å². The largest absolute Gasteiger partial charge is 0.497 e. The van der Waals surface area contributed by atoms with Crippen LogP contribution >= 0.6 is 22.9 Å². The smallest absolute Gasteiger partial charge is 0.229 e. The number of carbonyl (C=O) groups is 1. The molecule has 0 saturated heterocycles. The SMILES string of the molecule is COc1ccc(CC(=O)Nc2cc(C)nn2-c2nc3c(C)ccc(Cl)c3s2)cc1. The second-order valence-electron chi connectivity index (χ2n) is 6.69. The molecule has 4 rings (SSSR count). The summed E-state index contributed by atoms with van der Waals surface area (Å²) in [7, 11) is 1.61. The molecule has 0 atom stereocenters. The number of methoxy groups -OCH3 is 1. The molecule has 6 nitrogen and oxygen atoms in total. The number of rotatable bonds is 5. The van der Waals surface area contributed by atoms with Crippen LogP contribution in [0, 0.1) is 13.8 Å². The predicted octanol–water partition coefficient (Wildman–Crippen LogP) is 4.94. The molecule has 4 aromatic rings. The van der Waals surface area contributed by atoms with Crippen molar-refractivity contribution in [2.24, 2.45) is 0 Å². The molecular weight excluding hydrogens is 408 g/mol. The van der Waals surface area contributed by atoms with Gasteiger partial charge in [-0.2, -0.15) is 9.78 Å². The molecule has 0 aliphatic heterocycles. The van der Waals surface area contributed by atoms with E-state index in [-0.39, 0.29) is 12.3 Å². The van der Waals surface area contributed by atoms with E-state index in [1.54, 1.807) is 11.8 Å². The average molecular weight is 427 g/mol. The van der Waals surface area contributed by atoms with Crippen molar-refractivity contribution in [3.05, 3.63) is 64.3 Å². The highest BCUT2D eigenvalue weighted by molar-refractivity contribution is 7.21. The Morgan fingerprint density at radius 1 is 1.21 bits per heavy atom. The van der Waals surface area contributed by atoms with Crippen molar-refractivity contribution in [3.63, 3.8) is 0 Å². The lowest BCUT2D eigenvalue weighted by molar-refractivity contribution is -0.115. The molecule has 1 amide bonds.